The minimum Gasteiger partial charge on any atom is -0.389 e. The molecule has 0 spiro atoms. The average Bonchev–Trinajstić information content (AvgIpc) is 2.38. The highest BCUT2D eigenvalue weighted by atomic mass is 35.5. The number of hydrogen-bond donors (Lipinski definition) is 1. The maximum absolute atomic E-state index is 12.9. The Bertz CT molecular complexity index is 569. The molecule has 0 aliphatic heterocycles. The van der Waals surface area contributed by atoms with E-state index in [1.165, 1.54) is 12.1 Å². The lowest BCUT2D eigenvalue weighted by Crippen LogP contribution is -2.09. The number of nitrogens with zero attached hydrogens (tertiary/aromatic N) is 1. The Morgan fingerprint density at radius 1 is 1.11 bits per heavy atom. The van der Waals surface area contributed by atoms with E-state index in [0.29, 0.717) is 10.6 Å². The lowest BCUT2D eigenvalue weighted by molar-refractivity contribution is 0.199. The van der Waals surface area contributed by atoms with Crippen LogP contribution in [0.15, 0.2) is 42.5 Å². The minimum absolute atomic E-state index is 0.264. The zero-order valence-corrected chi connectivity index (χ0v) is 11.5. The van der Waals surface area contributed by atoms with Crippen molar-refractivity contribution in [3.63, 3.8) is 0 Å². The van der Waals surface area contributed by atoms with Gasteiger partial charge in [0.1, 0.15) is 5.82 Å². The summed E-state index contributed by atoms with van der Waals surface area (Å²) in [5.74, 6) is -0.264. The molecule has 2 rings (SSSR count). The molecule has 2 aromatic rings. The molecule has 0 aliphatic carbocycles. The van der Waals surface area contributed by atoms with Crippen molar-refractivity contribution in [2.45, 2.75) is 13.0 Å². The number of aliphatic hydroxyl groups is 1. The number of rotatable bonds is 3. The molecule has 0 saturated heterocycles. The summed E-state index contributed by atoms with van der Waals surface area (Å²) in [5, 5.41) is 10.1. The third-order valence-electron chi connectivity index (χ3n) is 3.04. The molecular weight excluding hydrogens is 265 g/mol. The van der Waals surface area contributed by atoms with E-state index in [1.807, 2.05) is 18.0 Å². The maximum atomic E-state index is 12.9. The Morgan fingerprint density at radius 2 is 1.68 bits per heavy atom. The highest BCUT2D eigenvalue weighted by Gasteiger charge is 2.10. The van der Waals surface area contributed by atoms with Crippen LogP contribution in [-0.2, 0) is 0 Å². The number of halogens is 2. The van der Waals surface area contributed by atoms with Crippen LogP contribution in [0.25, 0.3) is 0 Å². The van der Waals surface area contributed by atoms with Gasteiger partial charge in [-0.3, -0.25) is 0 Å². The molecule has 0 saturated carbocycles. The summed E-state index contributed by atoms with van der Waals surface area (Å²) in [6.07, 6.45) is -0.599. The van der Waals surface area contributed by atoms with Gasteiger partial charge in [0.2, 0.25) is 0 Å². The van der Waals surface area contributed by atoms with E-state index in [2.05, 4.69) is 0 Å². The summed E-state index contributed by atoms with van der Waals surface area (Å²) in [6, 6.07) is 11.7. The van der Waals surface area contributed by atoms with Crippen molar-refractivity contribution in [1.29, 1.82) is 0 Å². The normalized spacial score (nSPS) is 12.3. The molecule has 0 radical (unpaired) electrons. The van der Waals surface area contributed by atoms with Crippen molar-refractivity contribution in [1.82, 2.24) is 0 Å². The van der Waals surface area contributed by atoms with Crippen molar-refractivity contribution in [3.05, 3.63) is 58.9 Å². The summed E-state index contributed by atoms with van der Waals surface area (Å²) in [6.45, 7) is 1.67. The molecule has 1 unspecified atom stereocenters. The Morgan fingerprint density at radius 3 is 2.21 bits per heavy atom. The molecule has 0 aromatic heterocycles. The number of benzene rings is 2. The third kappa shape index (κ3) is 3.06. The largest absolute Gasteiger partial charge is 0.389 e. The van der Waals surface area contributed by atoms with Crippen molar-refractivity contribution < 1.29 is 9.50 Å². The van der Waals surface area contributed by atoms with Gasteiger partial charge >= 0.3 is 0 Å². The fourth-order valence-corrected chi connectivity index (χ4v) is 2.21. The van der Waals surface area contributed by atoms with Crippen LogP contribution in [-0.4, -0.2) is 12.2 Å². The summed E-state index contributed by atoms with van der Waals surface area (Å²) >= 11 is 6.13. The van der Waals surface area contributed by atoms with E-state index in [9.17, 15) is 9.50 Å². The molecule has 2 nitrogen and oxygen atoms in total. The van der Waals surface area contributed by atoms with Crippen molar-refractivity contribution in [2.24, 2.45) is 0 Å². The van der Waals surface area contributed by atoms with Crippen LogP contribution in [0.5, 0.6) is 0 Å². The first-order valence-electron chi connectivity index (χ1n) is 5.96. The van der Waals surface area contributed by atoms with Gasteiger partial charge in [0.05, 0.1) is 6.10 Å². The predicted octanol–water partition coefficient (Wildman–Crippen LogP) is 4.30. The Kier molecular flexibility index (Phi) is 4.08. The SMILES string of the molecule is CC(O)c1ccc(N(C)c2ccc(F)cc2)cc1Cl. The number of hydrogen-bond acceptors (Lipinski definition) is 2. The fraction of sp³-hybridized carbons (Fsp3) is 0.200. The van der Waals surface area contributed by atoms with Gasteiger partial charge in [-0.15, -0.1) is 0 Å². The second-order valence-electron chi connectivity index (χ2n) is 4.42. The first-order valence-corrected chi connectivity index (χ1v) is 6.33. The summed E-state index contributed by atoms with van der Waals surface area (Å²) < 4.78 is 12.9. The Labute approximate surface area is 117 Å². The van der Waals surface area contributed by atoms with Crippen LogP contribution in [0.1, 0.15) is 18.6 Å². The van der Waals surface area contributed by atoms with E-state index >= 15 is 0 Å². The topological polar surface area (TPSA) is 23.5 Å². The third-order valence-corrected chi connectivity index (χ3v) is 3.36. The van der Waals surface area contributed by atoms with Gasteiger partial charge in [-0.25, -0.2) is 4.39 Å². The molecular formula is C15H15ClFNO. The van der Waals surface area contributed by atoms with Gasteiger partial charge < -0.3 is 10.0 Å². The number of aliphatic hydroxyl groups excluding tert-OH is 1. The highest BCUT2D eigenvalue weighted by Crippen LogP contribution is 2.30. The average molecular weight is 280 g/mol. The minimum atomic E-state index is -0.599. The zero-order valence-electron chi connectivity index (χ0n) is 10.8. The lowest BCUT2D eigenvalue weighted by Gasteiger charge is -2.21. The van der Waals surface area contributed by atoms with Gasteiger partial charge in [-0.1, -0.05) is 17.7 Å². The molecule has 0 fully saturated rings. The summed E-state index contributed by atoms with van der Waals surface area (Å²) in [5.41, 5.74) is 2.43. The van der Waals surface area contributed by atoms with Crippen LogP contribution >= 0.6 is 11.6 Å². The number of anilines is 2. The molecule has 19 heavy (non-hydrogen) atoms. The van der Waals surface area contributed by atoms with Crippen LogP contribution < -0.4 is 4.90 Å². The van der Waals surface area contributed by atoms with Crippen molar-refractivity contribution in [3.8, 4) is 0 Å². The molecule has 0 bridgehead atoms. The summed E-state index contributed by atoms with van der Waals surface area (Å²) in [7, 11) is 1.88. The van der Waals surface area contributed by atoms with E-state index in [1.54, 1.807) is 31.2 Å². The fourth-order valence-electron chi connectivity index (χ4n) is 1.88. The highest BCUT2D eigenvalue weighted by molar-refractivity contribution is 6.31. The smallest absolute Gasteiger partial charge is 0.123 e. The van der Waals surface area contributed by atoms with Gasteiger partial charge in [0, 0.05) is 23.4 Å². The van der Waals surface area contributed by atoms with E-state index in [-0.39, 0.29) is 5.82 Å². The van der Waals surface area contributed by atoms with E-state index < -0.39 is 6.10 Å². The van der Waals surface area contributed by atoms with E-state index in [0.717, 1.165) is 11.4 Å². The zero-order chi connectivity index (χ0) is 14.0. The van der Waals surface area contributed by atoms with Crippen LogP contribution in [0, 0.1) is 5.82 Å². The molecule has 0 aliphatic rings. The summed E-state index contributed by atoms with van der Waals surface area (Å²) in [4.78, 5) is 1.90. The monoisotopic (exact) mass is 279 g/mol. The Balaban J connectivity index is 2.31. The maximum Gasteiger partial charge on any atom is 0.123 e. The molecule has 0 heterocycles. The molecule has 1 N–H and O–H groups in total. The van der Waals surface area contributed by atoms with Gasteiger partial charge in [-0.05, 0) is 48.9 Å². The van der Waals surface area contributed by atoms with Crippen LogP contribution in [0.2, 0.25) is 5.02 Å². The van der Waals surface area contributed by atoms with Gasteiger partial charge in [0.15, 0.2) is 0 Å². The predicted molar refractivity (Wildman–Crippen MR) is 76.5 cm³/mol. The molecule has 0 amide bonds. The van der Waals surface area contributed by atoms with Crippen molar-refractivity contribution in [2.75, 3.05) is 11.9 Å². The Hall–Kier alpha value is -1.58. The first-order chi connectivity index (χ1) is 8.99. The molecule has 2 aromatic carbocycles. The lowest BCUT2D eigenvalue weighted by atomic mass is 10.1. The second kappa shape index (κ2) is 5.59. The standard InChI is InChI=1S/C15H15ClFNO/c1-10(19)14-8-7-13(9-15(14)16)18(2)12-5-3-11(17)4-6-12/h3-10,19H,1-2H3. The first kappa shape index (κ1) is 13.8. The quantitative estimate of drug-likeness (QED) is 0.905. The molecule has 4 heteroatoms. The van der Waals surface area contributed by atoms with E-state index in [4.69, 9.17) is 11.6 Å². The molecule has 1 atom stereocenters. The van der Waals surface area contributed by atoms with Gasteiger partial charge in [-0.2, -0.15) is 0 Å². The van der Waals surface area contributed by atoms with Crippen LogP contribution in [0.4, 0.5) is 15.8 Å². The second-order valence-corrected chi connectivity index (χ2v) is 4.82. The van der Waals surface area contributed by atoms with Crippen molar-refractivity contribution >= 4 is 23.0 Å². The van der Waals surface area contributed by atoms with Crippen LogP contribution in [0.3, 0.4) is 0 Å². The van der Waals surface area contributed by atoms with Gasteiger partial charge in [0.25, 0.3) is 0 Å². The molecule has 100 valence electrons.